The highest BCUT2D eigenvalue weighted by atomic mass is 32.1. The number of nitrogens with zero attached hydrogens (tertiary/aromatic N) is 3. The van der Waals surface area contributed by atoms with E-state index in [0.717, 1.165) is 23.3 Å². The summed E-state index contributed by atoms with van der Waals surface area (Å²) in [5, 5.41) is 13.3. The first-order valence-electron chi connectivity index (χ1n) is 8.97. The fourth-order valence-electron chi connectivity index (χ4n) is 3.11. The highest BCUT2D eigenvalue weighted by molar-refractivity contribution is 7.15. The van der Waals surface area contributed by atoms with E-state index in [4.69, 9.17) is 0 Å². The summed E-state index contributed by atoms with van der Waals surface area (Å²) in [5.41, 5.74) is 0.796. The second-order valence-electron chi connectivity index (χ2n) is 6.77. The molecule has 2 N–H and O–H groups in total. The van der Waals surface area contributed by atoms with Gasteiger partial charge < -0.3 is 10.2 Å². The van der Waals surface area contributed by atoms with Crippen molar-refractivity contribution in [3.8, 4) is 0 Å². The molecule has 2 heterocycles. The molecule has 0 radical (unpaired) electrons. The van der Waals surface area contributed by atoms with Gasteiger partial charge in [0.05, 0.1) is 12.5 Å². The van der Waals surface area contributed by atoms with Crippen LogP contribution in [0.5, 0.6) is 0 Å². The number of likely N-dealkylation sites (tertiary alicyclic amines) is 1. The number of amides is 3. The second-order valence-corrected chi connectivity index (χ2v) is 8.00. The monoisotopic (exact) mass is 394 g/mol. The van der Waals surface area contributed by atoms with Gasteiger partial charge in [0.15, 0.2) is 5.13 Å². The number of rotatable bonds is 9. The predicted molar refractivity (Wildman–Crippen MR) is 102 cm³/mol. The van der Waals surface area contributed by atoms with Gasteiger partial charge in [-0.3, -0.25) is 19.6 Å². The van der Waals surface area contributed by atoms with Crippen LogP contribution in [0.15, 0.2) is 18.3 Å². The second kappa shape index (κ2) is 9.61. The van der Waals surface area contributed by atoms with E-state index < -0.39 is 12.0 Å². The van der Waals surface area contributed by atoms with Gasteiger partial charge in [-0.05, 0) is 19.8 Å². The Balaban J connectivity index is 2.13. The fraction of sp³-hybridized carbons (Fsp3) is 0.556. The third-order valence-corrected chi connectivity index (χ3v) is 5.30. The molecule has 1 fully saturated rings. The normalized spacial score (nSPS) is 17.7. The number of nitrogens with one attached hydrogen (secondary N) is 1. The van der Waals surface area contributed by atoms with E-state index in [9.17, 15) is 19.6 Å². The molecule has 1 saturated heterocycles. The molecule has 148 valence electrons. The van der Waals surface area contributed by atoms with Crippen molar-refractivity contribution in [3.05, 3.63) is 23.2 Å². The maximum absolute atomic E-state index is 13.1. The fourth-order valence-corrected chi connectivity index (χ4v) is 3.78. The standard InChI is InChI=1S/C18H26N4O4S/c1-4-5-6-14(10-21(26)11-23)17(25)22-9-12(2)7-15(22)16(24)20-18-19-8-13(3)27-18/h8,11,14-15,26H,2,4-7,9-10H2,1,3H3,(H,19,20,24)/t14-,15+/m1/s1. The number of unbranched alkanes of at least 4 members (excludes halogenated alkanes) is 1. The van der Waals surface area contributed by atoms with Crippen LogP contribution in [0.1, 0.15) is 37.5 Å². The largest absolute Gasteiger partial charge is 0.326 e. The minimum atomic E-state index is -0.665. The molecular weight excluding hydrogens is 368 g/mol. The first kappa shape index (κ1) is 21.0. The Labute approximate surface area is 162 Å². The molecule has 1 aliphatic rings. The molecule has 2 atom stereocenters. The Morgan fingerprint density at radius 3 is 2.93 bits per heavy atom. The van der Waals surface area contributed by atoms with Crippen LogP contribution in [0.2, 0.25) is 0 Å². The molecule has 8 nitrogen and oxygen atoms in total. The summed E-state index contributed by atoms with van der Waals surface area (Å²) in [4.78, 5) is 43.1. The van der Waals surface area contributed by atoms with Crippen molar-refractivity contribution >= 4 is 34.7 Å². The highest BCUT2D eigenvalue weighted by Gasteiger charge is 2.39. The molecule has 3 amide bonds. The lowest BCUT2D eigenvalue weighted by molar-refractivity contribution is -0.157. The number of hydrogen-bond donors (Lipinski definition) is 2. The Kier molecular flexibility index (Phi) is 7.49. The summed E-state index contributed by atoms with van der Waals surface area (Å²) in [6.07, 6.45) is 4.54. The Hall–Kier alpha value is -2.26. The van der Waals surface area contributed by atoms with Gasteiger partial charge in [0.1, 0.15) is 6.04 Å². The zero-order chi connectivity index (χ0) is 20.0. The van der Waals surface area contributed by atoms with Crippen molar-refractivity contribution in [2.24, 2.45) is 5.92 Å². The molecule has 0 spiro atoms. The van der Waals surface area contributed by atoms with Crippen LogP contribution < -0.4 is 5.32 Å². The molecule has 27 heavy (non-hydrogen) atoms. The highest BCUT2D eigenvalue weighted by Crippen LogP contribution is 2.27. The average molecular weight is 394 g/mol. The van der Waals surface area contributed by atoms with Crippen molar-refractivity contribution < 1.29 is 19.6 Å². The molecule has 1 aliphatic heterocycles. The lowest BCUT2D eigenvalue weighted by Crippen LogP contribution is -2.47. The lowest BCUT2D eigenvalue weighted by atomic mass is 9.99. The maximum atomic E-state index is 13.1. The van der Waals surface area contributed by atoms with Crippen molar-refractivity contribution in [1.82, 2.24) is 14.9 Å². The number of hydroxylamine groups is 2. The van der Waals surface area contributed by atoms with Gasteiger partial charge in [0.2, 0.25) is 18.2 Å². The maximum Gasteiger partial charge on any atom is 0.249 e. The summed E-state index contributed by atoms with van der Waals surface area (Å²) in [6.45, 7) is 8.03. The predicted octanol–water partition coefficient (Wildman–Crippen LogP) is 2.20. The number of carbonyl (C=O) groups is 3. The van der Waals surface area contributed by atoms with Crippen LogP contribution in [0, 0.1) is 12.8 Å². The third kappa shape index (κ3) is 5.61. The van der Waals surface area contributed by atoms with E-state index >= 15 is 0 Å². The topological polar surface area (TPSA) is 103 Å². The van der Waals surface area contributed by atoms with Gasteiger partial charge in [-0.15, -0.1) is 11.3 Å². The Bertz CT molecular complexity index is 705. The zero-order valence-electron chi connectivity index (χ0n) is 15.7. The molecular formula is C18H26N4O4S. The molecule has 1 aromatic rings. The van der Waals surface area contributed by atoms with Crippen molar-refractivity contribution in [3.63, 3.8) is 0 Å². The van der Waals surface area contributed by atoms with Gasteiger partial charge >= 0.3 is 0 Å². The van der Waals surface area contributed by atoms with E-state index in [0.29, 0.717) is 29.6 Å². The van der Waals surface area contributed by atoms with Gasteiger partial charge in [-0.2, -0.15) is 0 Å². The van der Waals surface area contributed by atoms with E-state index in [1.54, 1.807) is 6.20 Å². The smallest absolute Gasteiger partial charge is 0.249 e. The first-order valence-corrected chi connectivity index (χ1v) is 9.78. The van der Waals surface area contributed by atoms with Crippen LogP contribution in [-0.4, -0.2) is 57.5 Å². The zero-order valence-corrected chi connectivity index (χ0v) is 16.5. The van der Waals surface area contributed by atoms with Crippen LogP contribution in [0.4, 0.5) is 5.13 Å². The number of aryl methyl sites for hydroxylation is 1. The van der Waals surface area contributed by atoms with Crippen molar-refractivity contribution in [1.29, 1.82) is 0 Å². The van der Waals surface area contributed by atoms with E-state index in [-0.39, 0.29) is 24.8 Å². The van der Waals surface area contributed by atoms with E-state index in [1.165, 1.54) is 16.2 Å². The summed E-state index contributed by atoms with van der Waals surface area (Å²) in [7, 11) is 0. The SMILES string of the molecule is C=C1C[C@@H](C(=O)Nc2ncc(C)s2)N(C(=O)[C@H](CCCC)CN(O)C=O)C1. The molecule has 2 rings (SSSR count). The van der Waals surface area contributed by atoms with Crippen LogP contribution in [0.3, 0.4) is 0 Å². The van der Waals surface area contributed by atoms with Crippen molar-refractivity contribution in [2.75, 3.05) is 18.4 Å². The summed E-state index contributed by atoms with van der Waals surface area (Å²) in [6, 6.07) is -0.665. The molecule has 1 aromatic heterocycles. The molecule has 0 unspecified atom stereocenters. The number of carbonyl (C=O) groups excluding carboxylic acids is 3. The van der Waals surface area contributed by atoms with Gasteiger partial charge in [-0.1, -0.05) is 31.9 Å². The third-order valence-electron chi connectivity index (χ3n) is 4.47. The Morgan fingerprint density at radius 1 is 1.59 bits per heavy atom. The van der Waals surface area contributed by atoms with Gasteiger partial charge in [-0.25, -0.2) is 10.0 Å². The minimum Gasteiger partial charge on any atom is -0.326 e. The molecule has 0 aliphatic carbocycles. The number of thiazole rings is 1. The molecule has 0 bridgehead atoms. The number of aromatic nitrogens is 1. The molecule has 0 saturated carbocycles. The number of hydrogen-bond acceptors (Lipinski definition) is 6. The van der Waals surface area contributed by atoms with Crippen LogP contribution in [-0.2, 0) is 14.4 Å². The Morgan fingerprint density at radius 2 is 2.33 bits per heavy atom. The molecule has 9 heteroatoms. The lowest BCUT2D eigenvalue weighted by Gasteiger charge is -2.28. The number of anilines is 1. The van der Waals surface area contributed by atoms with Crippen LogP contribution in [0.25, 0.3) is 0 Å². The minimum absolute atomic E-state index is 0.0919. The van der Waals surface area contributed by atoms with Gasteiger partial charge in [0, 0.05) is 17.6 Å². The van der Waals surface area contributed by atoms with E-state index in [2.05, 4.69) is 16.9 Å². The quantitative estimate of drug-likeness (QED) is 0.289. The van der Waals surface area contributed by atoms with Crippen molar-refractivity contribution in [2.45, 2.75) is 45.6 Å². The summed E-state index contributed by atoms with van der Waals surface area (Å²) < 4.78 is 0. The average Bonchev–Trinajstić information content (AvgIpc) is 3.23. The summed E-state index contributed by atoms with van der Waals surface area (Å²) >= 11 is 1.37. The summed E-state index contributed by atoms with van der Waals surface area (Å²) in [5.74, 6) is -1.12. The van der Waals surface area contributed by atoms with E-state index in [1.807, 2.05) is 13.8 Å². The van der Waals surface area contributed by atoms with Crippen LogP contribution >= 0.6 is 11.3 Å². The molecule has 0 aromatic carbocycles. The first-order chi connectivity index (χ1) is 12.8. The van der Waals surface area contributed by atoms with Gasteiger partial charge in [0.25, 0.3) is 0 Å².